The van der Waals surface area contributed by atoms with E-state index in [1.54, 1.807) is 12.4 Å². The molecule has 0 aromatic carbocycles. The van der Waals surface area contributed by atoms with Gasteiger partial charge >= 0.3 is 0 Å². The average Bonchev–Trinajstić information content (AvgIpc) is 1.89. The number of halogens is 1. The van der Waals surface area contributed by atoms with Crippen LogP contribution in [0.1, 0.15) is 0 Å². The van der Waals surface area contributed by atoms with Crippen molar-refractivity contribution in [2.75, 3.05) is 12.4 Å². The molecular formula is C6H7ClN2. The smallest absolute Gasteiger partial charge is 0.0820 e. The number of hydrogen-bond donors (Lipinski definition) is 1. The van der Waals surface area contributed by atoms with Crippen LogP contribution < -0.4 is 5.32 Å². The molecule has 0 saturated heterocycles. The number of anilines is 1. The number of pyridine rings is 1. The van der Waals surface area contributed by atoms with Crippen molar-refractivity contribution in [2.45, 2.75) is 0 Å². The van der Waals surface area contributed by atoms with Crippen molar-refractivity contribution in [1.82, 2.24) is 4.98 Å². The largest absolute Gasteiger partial charge is 0.387 e. The SMILES string of the molecule is CNc1ccncc1Cl. The minimum atomic E-state index is 0.653. The first kappa shape index (κ1) is 6.36. The van der Waals surface area contributed by atoms with E-state index >= 15 is 0 Å². The Morgan fingerprint density at radius 3 is 2.89 bits per heavy atom. The fourth-order valence-corrected chi connectivity index (χ4v) is 0.792. The average molecular weight is 143 g/mol. The molecule has 48 valence electrons. The van der Waals surface area contributed by atoms with Crippen molar-refractivity contribution < 1.29 is 0 Å². The van der Waals surface area contributed by atoms with Crippen LogP contribution in [-0.4, -0.2) is 12.0 Å². The molecule has 9 heavy (non-hydrogen) atoms. The van der Waals surface area contributed by atoms with Crippen LogP contribution in [0.25, 0.3) is 0 Å². The number of hydrogen-bond acceptors (Lipinski definition) is 2. The summed E-state index contributed by atoms with van der Waals surface area (Å²) in [6, 6.07) is 1.82. The third-order valence-corrected chi connectivity index (χ3v) is 1.34. The summed E-state index contributed by atoms with van der Waals surface area (Å²) in [5.41, 5.74) is 0.909. The summed E-state index contributed by atoms with van der Waals surface area (Å²) < 4.78 is 0. The molecule has 0 saturated carbocycles. The van der Waals surface area contributed by atoms with Gasteiger partial charge in [-0.05, 0) is 6.07 Å². The van der Waals surface area contributed by atoms with E-state index in [1.807, 2.05) is 13.1 Å². The number of rotatable bonds is 1. The molecule has 2 nitrogen and oxygen atoms in total. The van der Waals surface area contributed by atoms with Gasteiger partial charge in [-0.3, -0.25) is 4.98 Å². The lowest BCUT2D eigenvalue weighted by atomic mass is 10.4. The van der Waals surface area contributed by atoms with Gasteiger partial charge < -0.3 is 5.32 Å². The van der Waals surface area contributed by atoms with E-state index in [4.69, 9.17) is 11.6 Å². The van der Waals surface area contributed by atoms with Crippen LogP contribution in [0.15, 0.2) is 18.5 Å². The minimum Gasteiger partial charge on any atom is -0.387 e. The predicted molar refractivity (Wildman–Crippen MR) is 38.8 cm³/mol. The van der Waals surface area contributed by atoms with Crippen molar-refractivity contribution in [1.29, 1.82) is 0 Å². The van der Waals surface area contributed by atoms with Crippen molar-refractivity contribution in [3.63, 3.8) is 0 Å². The van der Waals surface area contributed by atoms with E-state index in [0.29, 0.717) is 5.02 Å². The zero-order valence-corrected chi connectivity index (χ0v) is 5.81. The molecular weight excluding hydrogens is 136 g/mol. The van der Waals surface area contributed by atoms with Crippen molar-refractivity contribution in [2.24, 2.45) is 0 Å². The number of aromatic nitrogens is 1. The maximum absolute atomic E-state index is 5.70. The third-order valence-electron chi connectivity index (χ3n) is 1.04. The number of nitrogens with zero attached hydrogens (tertiary/aromatic N) is 1. The molecule has 0 radical (unpaired) electrons. The normalized spacial score (nSPS) is 9.11. The quantitative estimate of drug-likeness (QED) is 0.647. The van der Waals surface area contributed by atoms with Crippen molar-refractivity contribution in [3.8, 4) is 0 Å². The first-order valence-electron chi connectivity index (χ1n) is 2.62. The second-order valence-electron chi connectivity index (χ2n) is 1.61. The highest BCUT2D eigenvalue weighted by Crippen LogP contribution is 2.17. The van der Waals surface area contributed by atoms with Crippen LogP contribution in [0.3, 0.4) is 0 Å². The summed E-state index contributed by atoms with van der Waals surface area (Å²) >= 11 is 5.70. The zero-order chi connectivity index (χ0) is 6.69. The molecule has 0 fully saturated rings. The Kier molecular flexibility index (Phi) is 1.90. The standard InChI is InChI=1S/C6H7ClN2/c1-8-6-2-3-9-4-5(6)7/h2-4H,1H3,(H,8,9). The van der Waals surface area contributed by atoms with E-state index in [0.717, 1.165) is 5.69 Å². The lowest BCUT2D eigenvalue weighted by Crippen LogP contribution is -1.88. The zero-order valence-electron chi connectivity index (χ0n) is 5.06. The fraction of sp³-hybridized carbons (Fsp3) is 0.167. The third kappa shape index (κ3) is 1.33. The highest BCUT2D eigenvalue weighted by molar-refractivity contribution is 6.33. The van der Waals surface area contributed by atoms with E-state index in [2.05, 4.69) is 10.3 Å². The molecule has 1 N–H and O–H groups in total. The molecule has 0 amide bonds. The summed E-state index contributed by atoms with van der Waals surface area (Å²) in [5.74, 6) is 0. The molecule has 3 heteroatoms. The Bertz CT molecular complexity index is 200. The van der Waals surface area contributed by atoms with E-state index < -0.39 is 0 Å². The second kappa shape index (κ2) is 2.69. The molecule has 1 rings (SSSR count). The maximum Gasteiger partial charge on any atom is 0.0820 e. The van der Waals surface area contributed by atoms with Crippen LogP contribution in [0.2, 0.25) is 5.02 Å². The lowest BCUT2D eigenvalue weighted by Gasteiger charge is -1.98. The predicted octanol–water partition coefficient (Wildman–Crippen LogP) is 1.78. The number of nitrogens with one attached hydrogen (secondary N) is 1. The van der Waals surface area contributed by atoms with Gasteiger partial charge in [0, 0.05) is 19.4 Å². The van der Waals surface area contributed by atoms with Gasteiger partial charge in [0.2, 0.25) is 0 Å². The molecule has 0 spiro atoms. The van der Waals surface area contributed by atoms with Crippen LogP contribution >= 0.6 is 11.6 Å². The monoisotopic (exact) mass is 142 g/mol. The van der Waals surface area contributed by atoms with Gasteiger partial charge in [0.25, 0.3) is 0 Å². The first-order valence-corrected chi connectivity index (χ1v) is 2.99. The Morgan fingerprint density at radius 2 is 2.44 bits per heavy atom. The molecule has 0 bridgehead atoms. The highest BCUT2D eigenvalue weighted by atomic mass is 35.5. The van der Waals surface area contributed by atoms with E-state index in [1.165, 1.54) is 0 Å². The molecule has 1 aromatic rings. The molecule has 0 unspecified atom stereocenters. The van der Waals surface area contributed by atoms with Crippen LogP contribution in [0, 0.1) is 0 Å². The van der Waals surface area contributed by atoms with Gasteiger partial charge in [0.15, 0.2) is 0 Å². The minimum absolute atomic E-state index is 0.653. The Morgan fingerprint density at radius 1 is 1.67 bits per heavy atom. The second-order valence-corrected chi connectivity index (χ2v) is 2.01. The van der Waals surface area contributed by atoms with Crippen LogP contribution in [-0.2, 0) is 0 Å². The Labute approximate surface area is 58.9 Å². The van der Waals surface area contributed by atoms with Crippen molar-refractivity contribution >= 4 is 17.3 Å². The summed E-state index contributed by atoms with van der Waals surface area (Å²) in [5, 5.41) is 3.58. The molecule has 0 aliphatic heterocycles. The van der Waals surface area contributed by atoms with Gasteiger partial charge in [0.05, 0.1) is 10.7 Å². The molecule has 1 heterocycles. The summed E-state index contributed by atoms with van der Waals surface area (Å²) in [6.45, 7) is 0. The maximum atomic E-state index is 5.70. The first-order chi connectivity index (χ1) is 4.34. The molecule has 1 aromatic heterocycles. The highest BCUT2D eigenvalue weighted by Gasteiger charge is 1.92. The van der Waals surface area contributed by atoms with Gasteiger partial charge in [-0.25, -0.2) is 0 Å². The molecule has 0 aliphatic carbocycles. The lowest BCUT2D eigenvalue weighted by molar-refractivity contribution is 1.32. The fourth-order valence-electron chi connectivity index (χ4n) is 0.578. The van der Waals surface area contributed by atoms with E-state index in [-0.39, 0.29) is 0 Å². The van der Waals surface area contributed by atoms with Gasteiger partial charge in [-0.15, -0.1) is 0 Å². The van der Waals surface area contributed by atoms with Crippen LogP contribution in [0.5, 0.6) is 0 Å². The van der Waals surface area contributed by atoms with Gasteiger partial charge in [0.1, 0.15) is 0 Å². The van der Waals surface area contributed by atoms with Crippen LogP contribution in [0.4, 0.5) is 5.69 Å². The summed E-state index contributed by atoms with van der Waals surface area (Å²) in [6.07, 6.45) is 3.30. The van der Waals surface area contributed by atoms with Gasteiger partial charge in [-0.1, -0.05) is 11.6 Å². The topological polar surface area (TPSA) is 24.9 Å². The Hall–Kier alpha value is -0.760. The Balaban J connectivity index is 3.01. The van der Waals surface area contributed by atoms with Crippen molar-refractivity contribution in [3.05, 3.63) is 23.5 Å². The van der Waals surface area contributed by atoms with Gasteiger partial charge in [-0.2, -0.15) is 0 Å². The molecule has 0 aliphatic rings. The molecule has 0 atom stereocenters. The van der Waals surface area contributed by atoms with E-state index in [9.17, 15) is 0 Å². The summed E-state index contributed by atoms with van der Waals surface area (Å²) in [7, 11) is 1.82. The summed E-state index contributed by atoms with van der Waals surface area (Å²) in [4.78, 5) is 3.82.